The quantitative estimate of drug-likeness (QED) is 0.738. The molecule has 1 aromatic heterocycles. The lowest BCUT2D eigenvalue weighted by atomic mass is 10.0. The van der Waals surface area contributed by atoms with Crippen LogP contribution in [0.2, 0.25) is 5.15 Å². The number of sulfonamides is 1. The number of imidazole rings is 1. The molecule has 1 N–H and O–H groups in total. The second-order valence-electron chi connectivity index (χ2n) is 5.78. The zero-order valence-corrected chi connectivity index (χ0v) is 15.4. The molecule has 0 aliphatic carbocycles. The van der Waals surface area contributed by atoms with Crippen LogP contribution in [0.15, 0.2) is 66.0 Å². The highest BCUT2D eigenvalue weighted by molar-refractivity contribution is 7.89. The maximum Gasteiger partial charge on any atom is 0.261 e. The topological polar surface area (TPSA) is 64.0 Å². The minimum atomic E-state index is -3.79. The monoisotopic (exact) mass is 375 g/mol. The summed E-state index contributed by atoms with van der Waals surface area (Å²) in [7, 11) is -2.15. The number of hydrogen-bond acceptors (Lipinski definition) is 3. The Kier molecular flexibility index (Phi) is 4.94. The Bertz CT molecular complexity index is 967. The Morgan fingerprint density at radius 1 is 1.04 bits per heavy atom. The Hall–Kier alpha value is -2.15. The largest absolute Gasteiger partial charge is 0.324 e. The van der Waals surface area contributed by atoms with Crippen LogP contribution in [0.4, 0.5) is 0 Å². The molecule has 130 valence electrons. The van der Waals surface area contributed by atoms with Crippen molar-refractivity contribution in [1.29, 1.82) is 0 Å². The van der Waals surface area contributed by atoms with E-state index in [1.165, 1.54) is 10.9 Å². The first kappa shape index (κ1) is 17.7. The van der Waals surface area contributed by atoms with Crippen LogP contribution in [0.25, 0.3) is 11.1 Å². The number of hydrogen-bond donors (Lipinski definition) is 1. The van der Waals surface area contributed by atoms with Crippen LogP contribution in [0.1, 0.15) is 18.5 Å². The molecule has 0 aliphatic heterocycles. The minimum Gasteiger partial charge on any atom is -0.324 e. The predicted molar refractivity (Wildman–Crippen MR) is 98.8 cm³/mol. The van der Waals surface area contributed by atoms with E-state index in [2.05, 4.69) is 9.71 Å². The molecular formula is C18H18ClN3O2S. The van der Waals surface area contributed by atoms with E-state index in [4.69, 9.17) is 11.6 Å². The summed E-state index contributed by atoms with van der Waals surface area (Å²) < 4.78 is 29.0. The normalized spacial score (nSPS) is 12.9. The van der Waals surface area contributed by atoms with Crippen molar-refractivity contribution in [2.75, 3.05) is 0 Å². The average molecular weight is 376 g/mol. The van der Waals surface area contributed by atoms with Gasteiger partial charge in [-0.25, -0.2) is 18.1 Å². The second-order valence-corrected chi connectivity index (χ2v) is 7.77. The predicted octanol–water partition coefficient (Wildman–Crippen LogP) is 3.78. The van der Waals surface area contributed by atoms with Crippen molar-refractivity contribution in [3.05, 3.63) is 71.6 Å². The van der Waals surface area contributed by atoms with Crippen molar-refractivity contribution in [3.8, 4) is 11.1 Å². The fraction of sp³-hybridized carbons (Fsp3) is 0.167. The van der Waals surface area contributed by atoms with E-state index in [-0.39, 0.29) is 10.2 Å². The molecule has 0 saturated heterocycles. The molecule has 0 aliphatic rings. The van der Waals surface area contributed by atoms with Gasteiger partial charge >= 0.3 is 0 Å². The van der Waals surface area contributed by atoms with E-state index in [1.807, 2.05) is 54.6 Å². The summed E-state index contributed by atoms with van der Waals surface area (Å²) in [6, 6.07) is 17.4. The Morgan fingerprint density at radius 2 is 1.64 bits per heavy atom. The van der Waals surface area contributed by atoms with Gasteiger partial charge in [0.15, 0.2) is 0 Å². The van der Waals surface area contributed by atoms with Crippen LogP contribution >= 0.6 is 11.6 Å². The van der Waals surface area contributed by atoms with Crippen molar-refractivity contribution in [2.24, 2.45) is 7.05 Å². The summed E-state index contributed by atoms with van der Waals surface area (Å²) in [5.74, 6) is 0. The summed E-state index contributed by atoms with van der Waals surface area (Å²) in [4.78, 5) is 3.87. The van der Waals surface area contributed by atoms with Gasteiger partial charge in [-0.3, -0.25) is 0 Å². The van der Waals surface area contributed by atoms with Crippen LogP contribution in [0.3, 0.4) is 0 Å². The number of aryl methyl sites for hydroxylation is 1. The van der Waals surface area contributed by atoms with Gasteiger partial charge in [-0.2, -0.15) is 0 Å². The molecule has 0 fully saturated rings. The SMILES string of the molecule is CC(NS(=O)(=O)c1ncn(C)c1Cl)c1ccc(-c2ccccc2)cc1. The Labute approximate surface area is 152 Å². The molecule has 1 atom stereocenters. The van der Waals surface area contributed by atoms with Crippen molar-refractivity contribution < 1.29 is 8.42 Å². The number of rotatable bonds is 5. The molecule has 0 spiro atoms. The van der Waals surface area contributed by atoms with Gasteiger partial charge in [0.25, 0.3) is 10.0 Å². The number of benzene rings is 2. The van der Waals surface area contributed by atoms with Crippen LogP contribution < -0.4 is 4.72 Å². The smallest absolute Gasteiger partial charge is 0.261 e. The van der Waals surface area contributed by atoms with Gasteiger partial charge in [-0.1, -0.05) is 66.2 Å². The van der Waals surface area contributed by atoms with Gasteiger partial charge in [0.1, 0.15) is 5.15 Å². The van der Waals surface area contributed by atoms with Gasteiger partial charge < -0.3 is 4.57 Å². The number of nitrogens with zero attached hydrogens (tertiary/aromatic N) is 2. The third-order valence-electron chi connectivity index (χ3n) is 3.94. The van der Waals surface area contributed by atoms with Gasteiger partial charge in [0.2, 0.25) is 5.03 Å². The molecule has 3 rings (SSSR count). The molecule has 2 aromatic carbocycles. The van der Waals surface area contributed by atoms with Gasteiger partial charge in [0.05, 0.1) is 6.33 Å². The van der Waals surface area contributed by atoms with Crippen molar-refractivity contribution >= 4 is 21.6 Å². The van der Waals surface area contributed by atoms with Crippen LogP contribution in [0.5, 0.6) is 0 Å². The molecule has 3 aromatic rings. The summed E-state index contributed by atoms with van der Waals surface area (Å²) in [5, 5.41) is -0.0800. The summed E-state index contributed by atoms with van der Waals surface area (Å²) in [6.45, 7) is 1.78. The maximum atomic E-state index is 12.5. The highest BCUT2D eigenvalue weighted by atomic mass is 35.5. The molecule has 1 unspecified atom stereocenters. The average Bonchev–Trinajstić information content (AvgIpc) is 2.95. The lowest BCUT2D eigenvalue weighted by Gasteiger charge is -2.14. The van der Waals surface area contributed by atoms with Crippen molar-refractivity contribution in [2.45, 2.75) is 18.0 Å². The molecule has 25 heavy (non-hydrogen) atoms. The Morgan fingerprint density at radius 3 is 2.20 bits per heavy atom. The lowest BCUT2D eigenvalue weighted by Crippen LogP contribution is -2.27. The van der Waals surface area contributed by atoms with Gasteiger partial charge in [0, 0.05) is 13.1 Å². The van der Waals surface area contributed by atoms with Crippen LogP contribution in [-0.2, 0) is 17.1 Å². The molecule has 1 heterocycles. The zero-order valence-electron chi connectivity index (χ0n) is 13.8. The summed E-state index contributed by atoms with van der Waals surface area (Å²) >= 11 is 5.99. The van der Waals surface area contributed by atoms with E-state index in [9.17, 15) is 8.42 Å². The summed E-state index contributed by atoms with van der Waals surface area (Å²) in [6.07, 6.45) is 1.37. The second kappa shape index (κ2) is 7.00. The van der Waals surface area contributed by atoms with E-state index in [0.29, 0.717) is 0 Å². The first-order valence-electron chi connectivity index (χ1n) is 7.73. The molecular weight excluding hydrogens is 358 g/mol. The van der Waals surface area contributed by atoms with Gasteiger partial charge in [-0.05, 0) is 23.6 Å². The van der Waals surface area contributed by atoms with E-state index in [0.717, 1.165) is 16.7 Å². The molecule has 7 heteroatoms. The zero-order chi connectivity index (χ0) is 18.0. The standard InChI is InChI=1S/C18H18ClN3O2S/c1-13(21-25(23,24)18-17(19)22(2)12-20-18)14-8-10-16(11-9-14)15-6-4-3-5-7-15/h3-13,21H,1-2H3. The fourth-order valence-corrected chi connectivity index (χ4v) is 4.19. The summed E-state index contributed by atoms with van der Waals surface area (Å²) in [5.41, 5.74) is 3.05. The first-order chi connectivity index (χ1) is 11.9. The van der Waals surface area contributed by atoms with Crippen LogP contribution in [-0.4, -0.2) is 18.0 Å². The van der Waals surface area contributed by atoms with Crippen LogP contribution in [0, 0.1) is 0 Å². The molecule has 0 amide bonds. The fourth-order valence-electron chi connectivity index (χ4n) is 2.53. The molecule has 0 radical (unpaired) electrons. The number of aromatic nitrogens is 2. The molecule has 5 nitrogen and oxygen atoms in total. The molecule has 0 saturated carbocycles. The van der Waals surface area contributed by atoms with Crippen molar-refractivity contribution in [1.82, 2.24) is 14.3 Å². The lowest BCUT2D eigenvalue weighted by molar-refractivity contribution is 0.563. The Balaban J connectivity index is 1.79. The van der Waals surface area contributed by atoms with Crippen molar-refractivity contribution in [3.63, 3.8) is 0 Å². The first-order valence-corrected chi connectivity index (χ1v) is 9.59. The highest BCUT2D eigenvalue weighted by Crippen LogP contribution is 2.24. The minimum absolute atomic E-state index is 0.0825. The van der Waals surface area contributed by atoms with E-state index < -0.39 is 16.1 Å². The van der Waals surface area contributed by atoms with Gasteiger partial charge in [-0.15, -0.1) is 0 Å². The number of halogens is 1. The number of nitrogens with one attached hydrogen (secondary N) is 1. The molecule has 0 bridgehead atoms. The maximum absolute atomic E-state index is 12.5. The van der Waals surface area contributed by atoms with E-state index in [1.54, 1.807) is 14.0 Å². The van der Waals surface area contributed by atoms with E-state index >= 15 is 0 Å². The third-order valence-corrected chi connectivity index (χ3v) is 5.97. The third kappa shape index (κ3) is 3.76. The highest BCUT2D eigenvalue weighted by Gasteiger charge is 2.24.